The number of hydrogen-bond acceptors (Lipinski definition) is 10. The van der Waals surface area contributed by atoms with Gasteiger partial charge < -0.3 is 48.7 Å². The van der Waals surface area contributed by atoms with Crippen LogP contribution in [0, 0.1) is 17.8 Å². The number of amides is 4. The Labute approximate surface area is 377 Å². The molecule has 0 saturated carbocycles. The first-order chi connectivity index (χ1) is 31.4. The summed E-state index contributed by atoms with van der Waals surface area (Å²) in [6.07, 6.45) is 5.11. The lowest BCUT2D eigenvalue weighted by atomic mass is 9.94. The molecule has 0 spiro atoms. The van der Waals surface area contributed by atoms with E-state index in [1.54, 1.807) is 17.4 Å². The topological polar surface area (TPSA) is 201 Å². The van der Waals surface area contributed by atoms with Crippen molar-refractivity contribution in [3.63, 3.8) is 0 Å². The first-order valence-electron chi connectivity index (χ1n) is 22.2. The maximum atomic E-state index is 14.0. The van der Waals surface area contributed by atoms with Crippen molar-refractivity contribution in [2.45, 2.75) is 71.5 Å². The average molecular weight is 885 g/mol. The van der Waals surface area contributed by atoms with Crippen molar-refractivity contribution in [2.24, 2.45) is 17.8 Å². The molecule has 0 aliphatic carbocycles. The number of nitrogens with one attached hydrogen (secondary N) is 4. The average Bonchev–Trinajstić information content (AvgIpc) is 4.17. The number of furan rings is 2. The Balaban J connectivity index is 1.04. The van der Waals surface area contributed by atoms with Crippen LogP contribution in [0.15, 0.2) is 94.2 Å². The van der Waals surface area contributed by atoms with Crippen LogP contribution in [-0.2, 0) is 19.1 Å². The van der Waals surface area contributed by atoms with Gasteiger partial charge in [-0.3, -0.25) is 9.59 Å². The zero-order valence-corrected chi connectivity index (χ0v) is 37.6. The number of nitrogens with zero attached hydrogens (tertiary/aromatic N) is 4. The van der Waals surface area contributed by atoms with Gasteiger partial charge >= 0.3 is 12.2 Å². The van der Waals surface area contributed by atoms with Crippen molar-refractivity contribution in [2.75, 3.05) is 33.9 Å². The molecule has 4 aromatic heterocycles. The minimum absolute atomic E-state index is 0.00620. The third-order valence-corrected chi connectivity index (χ3v) is 12.5. The summed E-state index contributed by atoms with van der Waals surface area (Å²) >= 11 is 0. The van der Waals surface area contributed by atoms with E-state index in [0.29, 0.717) is 59.8 Å². The van der Waals surface area contributed by atoms with Crippen molar-refractivity contribution in [3.8, 4) is 56.6 Å². The largest absolute Gasteiger partial charge is 0.463 e. The van der Waals surface area contributed by atoms with Gasteiger partial charge in [-0.05, 0) is 72.9 Å². The van der Waals surface area contributed by atoms with E-state index in [4.69, 9.17) is 28.3 Å². The fraction of sp³-hybridized carbons (Fsp3) is 0.388. The van der Waals surface area contributed by atoms with E-state index in [2.05, 4.69) is 44.9 Å². The first kappa shape index (κ1) is 44.5. The van der Waals surface area contributed by atoms with Crippen molar-refractivity contribution in [1.29, 1.82) is 0 Å². The number of imidazole rings is 2. The van der Waals surface area contributed by atoms with Gasteiger partial charge in [-0.25, -0.2) is 19.6 Å². The number of hydrogen-bond donors (Lipinski definition) is 4. The van der Waals surface area contributed by atoms with Crippen LogP contribution in [0.2, 0.25) is 0 Å². The molecule has 6 heterocycles. The number of H-pyrrole nitrogens is 2. The summed E-state index contributed by atoms with van der Waals surface area (Å²) < 4.78 is 21.3. The Bertz CT molecular complexity index is 2580. The molecule has 16 heteroatoms. The molecule has 65 heavy (non-hydrogen) atoms. The van der Waals surface area contributed by atoms with Gasteiger partial charge in [0.25, 0.3) is 0 Å². The SMILES string of the molecule is COC(=O)NC[C@H](C(=O)N1CCCC1c1nc(-c2ccc(-c3ccc(-c4nc(C5CCCN5C(=O)[C@@H](NC(=O)OC)C(C)C)[nH]c4-c4ccco4)cc3)cc2)c(-c2ccco2)[nH]1)C(C)C. The Morgan fingerprint density at radius 3 is 1.54 bits per heavy atom. The molecule has 6 aromatic rings. The molecule has 2 saturated heterocycles. The maximum Gasteiger partial charge on any atom is 0.407 e. The van der Waals surface area contributed by atoms with Gasteiger partial charge in [-0.1, -0.05) is 76.2 Å². The highest BCUT2D eigenvalue weighted by atomic mass is 16.5. The van der Waals surface area contributed by atoms with E-state index in [9.17, 15) is 19.2 Å². The van der Waals surface area contributed by atoms with Crippen molar-refractivity contribution < 1.29 is 37.5 Å². The number of carbonyl (C=O) groups is 4. The Morgan fingerprint density at radius 1 is 0.662 bits per heavy atom. The van der Waals surface area contributed by atoms with Gasteiger partial charge in [-0.15, -0.1) is 0 Å². The summed E-state index contributed by atoms with van der Waals surface area (Å²) in [5, 5.41) is 5.43. The van der Waals surface area contributed by atoms with Crippen LogP contribution in [0.1, 0.15) is 77.1 Å². The third-order valence-electron chi connectivity index (χ3n) is 12.5. The molecule has 0 bridgehead atoms. The monoisotopic (exact) mass is 884 g/mol. The molecule has 2 aliphatic rings. The van der Waals surface area contributed by atoms with Gasteiger partial charge in [0.2, 0.25) is 11.8 Å². The van der Waals surface area contributed by atoms with Crippen LogP contribution in [0.25, 0.3) is 56.6 Å². The summed E-state index contributed by atoms with van der Waals surface area (Å²) in [7, 11) is 2.59. The van der Waals surface area contributed by atoms with Crippen LogP contribution in [-0.4, -0.2) is 93.6 Å². The molecular weight excluding hydrogens is 829 g/mol. The summed E-state index contributed by atoms with van der Waals surface area (Å²) in [6, 6.07) is 22.5. The van der Waals surface area contributed by atoms with Crippen LogP contribution in [0.4, 0.5) is 9.59 Å². The standard InChI is InChI=1S/C49H56N8O8/c1-28(2)34(27-50-48(60)62-5)46(58)56-23-7-11-35(56)44-51-40(42(53-44)37-13-9-25-64-37)32-19-15-30(16-20-32)31-17-21-33(22-18-31)41-43(38-14-10-26-65-38)54-45(52-41)36-12-8-24-57(36)47(59)39(29(3)4)55-49(61)63-6/h9-10,13-22,25-26,28-29,34-36,39H,7-8,11-12,23-24,27H2,1-6H3,(H,50,60)(H,51,53)(H,52,54)(H,55,61)/t34-,35?,36?,39-/m0/s1. The predicted molar refractivity (Wildman–Crippen MR) is 243 cm³/mol. The number of alkyl carbamates (subject to hydrolysis) is 2. The smallest absolute Gasteiger partial charge is 0.407 e. The molecule has 16 nitrogen and oxygen atoms in total. The van der Waals surface area contributed by atoms with Crippen LogP contribution < -0.4 is 10.6 Å². The number of methoxy groups -OCH3 is 2. The summed E-state index contributed by atoms with van der Waals surface area (Å²) in [4.78, 5) is 72.9. The van der Waals surface area contributed by atoms with E-state index in [1.165, 1.54) is 14.2 Å². The van der Waals surface area contributed by atoms with E-state index in [-0.39, 0.29) is 42.3 Å². The molecule has 4 atom stereocenters. The number of aromatic amines is 2. The lowest BCUT2D eigenvalue weighted by Gasteiger charge is -2.30. The van der Waals surface area contributed by atoms with Gasteiger partial charge in [0, 0.05) is 30.8 Å². The third kappa shape index (κ3) is 9.29. The lowest BCUT2D eigenvalue weighted by Crippen LogP contribution is -2.51. The molecular formula is C49H56N8O8. The van der Waals surface area contributed by atoms with E-state index in [1.807, 2.05) is 81.1 Å². The first-order valence-corrected chi connectivity index (χ1v) is 22.2. The molecule has 2 unspecified atom stereocenters. The van der Waals surface area contributed by atoms with Crippen molar-refractivity contribution >= 4 is 24.0 Å². The Hall–Kier alpha value is -7.10. The molecule has 340 valence electrons. The number of ether oxygens (including phenoxy) is 2. The minimum Gasteiger partial charge on any atom is -0.463 e. The molecule has 2 fully saturated rings. The normalized spacial score (nSPS) is 17.1. The minimum atomic E-state index is -0.744. The molecule has 4 N–H and O–H groups in total. The molecule has 2 aliphatic heterocycles. The Morgan fingerprint density at radius 2 is 1.12 bits per heavy atom. The number of rotatable bonds is 14. The van der Waals surface area contributed by atoms with Gasteiger partial charge in [-0.2, -0.15) is 0 Å². The molecule has 4 amide bonds. The van der Waals surface area contributed by atoms with Crippen LogP contribution >= 0.6 is 0 Å². The summed E-state index contributed by atoms with van der Waals surface area (Å²) in [6.45, 7) is 9.06. The highest BCUT2D eigenvalue weighted by Crippen LogP contribution is 2.40. The quantitative estimate of drug-likeness (QED) is 0.0818. The second-order valence-electron chi connectivity index (χ2n) is 17.3. The number of likely N-dealkylation sites (tertiary alicyclic amines) is 2. The van der Waals surface area contributed by atoms with E-state index >= 15 is 0 Å². The van der Waals surface area contributed by atoms with Crippen LogP contribution in [0.5, 0.6) is 0 Å². The maximum absolute atomic E-state index is 14.0. The fourth-order valence-corrected chi connectivity index (χ4v) is 8.95. The highest BCUT2D eigenvalue weighted by molar-refractivity contribution is 5.87. The Kier molecular flexibility index (Phi) is 13.2. The van der Waals surface area contributed by atoms with Gasteiger partial charge in [0.05, 0.1) is 56.1 Å². The van der Waals surface area contributed by atoms with Crippen LogP contribution in [0.3, 0.4) is 0 Å². The molecule has 0 radical (unpaired) electrons. The second kappa shape index (κ2) is 19.3. The van der Waals surface area contributed by atoms with E-state index in [0.717, 1.165) is 47.2 Å². The molecule has 2 aromatic carbocycles. The summed E-state index contributed by atoms with van der Waals surface area (Å²) in [5.74, 6) is 1.79. The lowest BCUT2D eigenvalue weighted by molar-refractivity contribution is -0.138. The predicted octanol–water partition coefficient (Wildman–Crippen LogP) is 8.99. The van der Waals surface area contributed by atoms with Crippen molar-refractivity contribution in [1.82, 2.24) is 40.4 Å². The second-order valence-corrected chi connectivity index (χ2v) is 17.3. The number of carbonyl (C=O) groups excluding carboxylic acids is 4. The number of aromatic nitrogens is 4. The fourth-order valence-electron chi connectivity index (χ4n) is 8.95. The van der Waals surface area contributed by atoms with Crippen molar-refractivity contribution in [3.05, 3.63) is 97.0 Å². The molecule has 8 rings (SSSR count). The van der Waals surface area contributed by atoms with Gasteiger partial charge in [0.1, 0.15) is 29.1 Å². The number of benzene rings is 2. The summed E-state index contributed by atoms with van der Waals surface area (Å²) in [5.41, 5.74) is 6.59. The zero-order chi connectivity index (χ0) is 45.8. The van der Waals surface area contributed by atoms with Gasteiger partial charge in [0.15, 0.2) is 11.5 Å². The van der Waals surface area contributed by atoms with E-state index < -0.39 is 24.1 Å². The highest BCUT2D eigenvalue weighted by Gasteiger charge is 2.39. The zero-order valence-electron chi connectivity index (χ0n) is 37.6.